The molecule has 4 heterocycles. The van der Waals surface area contributed by atoms with Crippen LogP contribution < -0.4 is 5.32 Å². The molecule has 0 saturated carbocycles. The second-order valence-corrected chi connectivity index (χ2v) is 7.90. The third-order valence-corrected chi connectivity index (χ3v) is 6.10. The minimum absolute atomic E-state index is 0.00458. The van der Waals surface area contributed by atoms with E-state index >= 15 is 0 Å². The first-order chi connectivity index (χ1) is 13.8. The monoisotopic (exact) mass is 430 g/mol. The van der Waals surface area contributed by atoms with E-state index in [1.54, 1.807) is 17.0 Å². The summed E-state index contributed by atoms with van der Waals surface area (Å²) in [5.41, 5.74) is -0.135. The van der Waals surface area contributed by atoms with Crippen molar-refractivity contribution in [2.75, 3.05) is 11.9 Å². The van der Waals surface area contributed by atoms with E-state index in [-0.39, 0.29) is 29.0 Å². The van der Waals surface area contributed by atoms with Crippen molar-refractivity contribution < 1.29 is 22.4 Å². The van der Waals surface area contributed by atoms with E-state index in [1.807, 2.05) is 6.92 Å². The molecule has 3 atom stereocenters. The zero-order valence-electron chi connectivity index (χ0n) is 15.9. The Morgan fingerprint density at radius 1 is 1.41 bits per heavy atom. The third kappa shape index (κ3) is 3.60. The van der Waals surface area contributed by atoms with Crippen LogP contribution in [0, 0.1) is 0 Å². The van der Waals surface area contributed by atoms with E-state index < -0.39 is 24.2 Å². The lowest BCUT2D eigenvalue weighted by atomic mass is 9.99. The van der Waals surface area contributed by atoms with Gasteiger partial charge in [-0.05, 0) is 37.8 Å². The Labute approximate surface area is 171 Å². The number of halogens is 4. The first kappa shape index (κ1) is 20.1. The van der Waals surface area contributed by atoms with Crippen LogP contribution in [0.2, 0.25) is 5.02 Å². The van der Waals surface area contributed by atoms with Crippen molar-refractivity contribution in [3.8, 4) is 0 Å². The Bertz CT molecular complexity index is 881. The van der Waals surface area contributed by atoms with E-state index in [0.717, 1.165) is 30.4 Å². The molecular weight excluding hydrogens is 409 g/mol. The van der Waals surface area contributed by atoms with Gasteiger partial charge in [0.1, 0.15) is 16.6 Å². The van der Waals surface area contributed by atoms with E-state index in [9.17, 15) is 18.0 Å². The van der Waals surface area contributed by atoms with Gasteiger partial charge in [0.15, 0.2) is 11.7 Å². The fourth-order valence-electron chi connectivity index (χ4n) is 4.23. The summed E-state index contributed by atoms with van der Waals surface area (Å²) in [4.78, 5) is 14.8. The van der Waals surface area contributed by atoms with Crippen LogP contribution in [0.15, 0.2) is 22.8 Å². The maximum absolute atomic E-state index is 13.8. The van der Waals surface area contributed by atoms with Crippen molar-refractivity contribution in [2.24, 2.45) is 0 Å². The molecule has 2 aromatic heterocycles. The second-order valence-electron chi connectivity index (χ2n) is 7.52. The van der Waals surface area contributed by atoms with Crippen molar-refractivity contribution in [1.29, 1.82) is 0 Å². The SMILES string of the molecule is CC[C@H]1CCCCN1C(=O)c1nn2c(c1Cl)N[C@@H](c1ccco1)C[C@@H]2C(F)(F)F. The number of furan rings is 1. The molecule has 4 rings (SSSR count). The topological polar surface area (TPSA) is 63.3 Å². The molecule has 6 nitrogen and oxygen atoms in total. The number of amides is 1. The Balaban J connectivity index is 1.72. The smallest absolute Gasteiger partial charge is 0.410 e. The lowest BCUT2D eigenvalue weighted by Crippen LogP contribution is -2.43. The molecule has 158 valence electrons. The number of likely N-dealkylation sites (tertiary alicyclic amines) is 1. The summed E-state index contributed by atoms with van der Waals surface area (Å²) in [6, 6.07) is 0.643. The highest BCUT2D eigenvalue weighted by Crippen LogP contribution is 2.46. The highest BCUT2D eigenvalue weighted by molar-refractivity contribution is 6.36. The number of fused-ring (bicyclic) bond motifs is 1. The number of hydrogen-bond acceptors (Lipinski definition) is 4. The van der Waals surface area contributed by atoms with Gasteiger partial charge in [0.2, 0.25) is 0 Å². The van der Waals surface area contributed by atoms with Gasteiger partial charge in [-0.3, -0.25) is 4.79 Å². The number of carbonyl (C=O) groups excluding carboxylic acids is 1. The molecule has 2 aromatic rings. The van der Waals surface area contributed by atoms with Crippen LogP contribution in [0.5, 0.6) is 0 Å². The molecule has 0 aliphatic carbocycles. The largest absolute Gasteiger partial charge is 0.467 e. The molecule has 1 amide bonds. The molecular formula is C19H22ClF3N4O2. The average molecular weight is 431 g/mol. The summed E-state index contributed by atoms with van der Waals surface area (Å²) < 4.78 is 47.5. The minimum atomic E-state index is -4.55. The number of nitrogens with zero attached hydrogens (tertiary/aromatic N) is 3. The third-order valence-electron chi connectivity index (χ3n) is 5.74. The molecule has 0 spiro atoms. The van der Waals surface area contributed by atoms with E-state index in [1.165, 1.54) is 6.26 Å². The summed E-state index contributed by atoms with van der Waals surface area (Å²) in [5, 5.41) is 6.93. The van der Waals surface area contributed by atoms with Crippen molar-refractivity contribution in [3.05, 3.63) is 34.9 Å². The number of alkyl halides is 3. The fourth-order valence-corrected chi connectivity index (χ4v) is 4.49. The van der Waals surface area contributed by atoms with Crippen LogP contribution in [-0.2, 0) is 0 Å². The van der Waals surface area contributed by atoms with E-state index in [4.69, 9.17) is 16.0 Å². The number of rotatable bonds is 3. The summed E-state index contributed by atoms with van der Waals surface area (Å²) in [7, 11) is 0. The number of aromatic nitrogens is 2. The zero-order valence-corrected chi connectivity index (χ0v) is 16.6. The number of anilines is 1. The highest BCUT2D eigenvalue weighted by Gasteiger charge is 2.48. The molecule has 1 saturated heterocycles. The van der Waals surface area contributed by atoms with Gasteiger partial charge in [-0.25, -0.2) is 4.68 Å². The van der Waals surface area contributed by atoms with Crippen LogP contribution in [0.25, 0.3) is 0 Å². The molecule has 0 aromatic carbocycles. The number of nitrogens with one attached hydrogen (secondary N) is 1. The maximum Gasteiger partial charge on any atom is 0.410 e. The van der Waals surface area contributed by atoms with Gasteiger partial charge >= 0.3 is 6.18 Å². The lowest BCUT2D eigenvalue weighted by Gasteiger charge is -2.34. The summed E-state index contributed by atoms with van der Waals surface area (Å²) in [5.74, 6) is -0.0477. The predicted molar refractivity (Wildman–Crippen MR) is 101 cm³/mol. The van der Waals surface area contributed by atoms with Crippen LogP contribution in [-0.4, -0.2) is 39.4 Å². The Morgan fingerprint density at radius 2 is 2.21 bits per heavy atom. The molecule has 0 unspecified atom stereocenters. The summed E-state index contributed by atoms with van der Waals surface area (Å²) >= 11 is 6.40. The second kappa shape index (κ2) is 7.59. The first-order valence-corrected chi connectivity index (χ1v) is 10.1. The van der Waals surface area contributed by atoms with Gasteiger partial charge < -0.3 is 14.6 Å². The molecule has 0 radical (unpaired) electrons. The van der Waals surface area contributed by atoms with Crippen molar-refractivity contribution in [2.45, 2.75) is 63.3 Å². The summed E-state index contributed by atoms with van der Waals surface area (Å²) in [6.45, 7) is 2.55. The van der Waals surface area contributed by atoms with Crippen molar-refractivity contribution >= 4 is 23.3 Å². The van der Waals surface area contributed by atoms with Gasteiger partial charge in [0.25, 0.3) is 5.91 Å². The summed E-state index contributed by atoms with van der Waals surface area (Å²) in [6.07, 6.45) is 0.0860. The normalized spacial score (nSPS) is 24.9. The van der Waals surface area contributed by atoms with Gasteiger partial charge in [-0.15, -0.1) is 0 Å². The fraction of sp³-hybridized carbons (Fsp3) is 0.579. The minimum Gasteiger partial charge on any atom is -0.467 e. The molecule has 0 bridgehead atoms. The number of carbonyl (C=O) groups is 1. The Hall–Kier alpha value is -2.16. The predicted octanol–water partition coefficient (Wildman–Crippen LogP) is 5.19. The molecule has 29 heavy (non-hydrogen) atoms. The van der Waals surface area contributed by atoms with Gasteiger partial charge in [0.05, 0.1) is 12.3 Å². The van der Waals surface area contributed by atoms with Crippen LogP contribution in [0.3, 0.4) is 0 Å². The molecule has 2 aliphatic rings. The lowest BCUT2D eigenvalue weighted by molar-refractivity contribution is -0.174. The number of piperidine rings is 1. The maximum atomic E-state index is 13.8. The molecule has 10 heteroatoms. The van der Waals surface area contributed by atoms with Crippen LogP contribution in [0.4, 0.5) is 19.0 Å². The Kier molecular flexibility index (Phi) is 5.27. The molecule has 1 fully saturated rings. The molecule has 2 aliphatic heterocycles. The average Bonchev–Trinajstić information content (AvgIpc) is 3.34. The highest BCUT2D eigenvalue weighted by atomic mass is 35.5. The van der Waals surface area contributed by atoms with Crippen LogP contribution >= 0.6 is 11.6 Å². The quantitative estimate of drug-likeness (QED) is 0.727. The first-order valence-electron chi connectivity index (χ1n) is 9.76. The van der Waals surface area contributed by atoms with E-state index in [0.29, 0.717) is 12.3 Å². The van der Waals surface area contributed by atoms with Crippen molar-refractivity contribution in [3.63, 3.8) is 0 Å². The number of hydrogen-bond donors (Lipinski definition) is 1. The van der Waals surface area contributed by atoms with Gasteiger partial charge in [-0.1, -0.05) is 18.5 Å². The standard InChI is InChI=1S/C19H22ClF3N4O2/c1-2-11-6-3-4-8-26(11)18(28)16-15(20)17-24-12(13-7-5-9-29-13)10-14(19(21,22)23)27(17)25-16/h5,7,9,11-12,14,24H,2-4,6,8,10H2,1H3/t11-,12+,14+/m0/s1. The van der Waals surface area contributed by atoms with Crippen LogP contribution in [0.1, 0.15) is 67.4 Å². The van der Waals surface area contributed by atoms with Gasteiger partial charge in [-0.2, -0.15) is 18.3 Å². The van der Waals surface area contributed by atoms with Crippen molar-refractivity contribution in [1.82, 2.24) is 14.7 Å². The van der Waals surface area contributed by atoms with E-state index in [2.05, 4.69) is 10.4 Å². The molecule has 1 N–H and O–H groups in total. The zero-order chi connectivity index (χ0) is 20.8. The van der Waals surface area contributed by atoms with Gasteiger partial charge in [0, 0.05) is 19.0 Å². The Morgan fingerprint density at radius 3 is 2.86 bits per heavy atom.